The fraction of sp³-hybridized carbons (Fsp3) is 0.452. The van der Waals surface area contributed by atoms with Crippen molar-refractivity contribution in [2.45, 2.75) is 82.1 Å². The lowest BCUT2D eigenvalue weighted by atomic mass is 9.62. The molecule has 0 saturated carbocycles. The number of carbonyl (C=O) groups is 1. The molecule has 1 saturated heterocycles. The molecular formula is C42H52N2O2. The van der Waals surface area contributed by atoms with Gasteiger partial charge in [0.2, 0.25) is 5.91 Å². The Balaban J connectivity index is 1.12. The predicted molar refractivity (Wildman–Crippen MR) is 189 cm³/mol. The Labute approximate surface area is 276 Å². The molecule has 0 spiro atoms. The smallest absolute Gasteiger partial charge is 0.220 e. The zero-order valence-corrected chi connectivity index (χ0v) is 27.6. The molecule has 3 aliphatic rings. The van der Waals surface area contributed by atoms with Gasteiger partial charge in [0.1, 0.15) is 5.75 Å². The maximum Gasteiger partial charge on any atom is 0.220 e. The second kappa shape index (κ2) is 15.8. The molecule has 3 aromatic carbocycles. The summed E-state index contributed by atoms with van der Waals surface area (Å²) in [6.45, 7) is 1.85. The van der Waals surface area contributed by atoms with E-state index in [-0.39, 0.29) is 11.3 Å². The number of hydrogen-bond acceptors (Lipinski definition) is 3. The van der Waals surface area contributed by atoms with Gasteiger partial charge in [-0.1, -0.05) is 104 Å². The van der Waals surface area contributed by atoms with Crippen molar-refractivity contribution >= 4 is 5.91 Å². The predicted octanol–water partition coefficient (Wildman–Crippen LogP) is 8.57. The molecule has 2 aliphatic carbocycles. The van der Waals surface area contributed by atoms with E-state index in [2.05, 4.69) is 89.5 Å². The summed E-state index contributed by atoms with van der Waals surface area (Å²) < 4.78 is 5.26. The molecule has 1 fully saturated rings. The quantitative estimate of drug-likeness (QED) is 0.178. The van der Waals surface area contributed by atoms with Crippen LogP contribution in [0, 0.1) is 17.8 Å². The first-order valence-corrected chi connectivity index (χ1v) is 17.8. The van der Waals surface area contributed by atoms with Crippen molar-refractivity contribution in [3.8, 4) is 5.75 Å². The van der Waals surface area contributed by atoms with Crippen LogP contribution in [0.2, 0.25) is 0 Å². The average Bonchev–Trinajstić information content (AvgIpc) is 3.12. The SMILES string of the molecule is COc1ccc(CCC(=O)NCCCC(CCCC2CCNC3CC=C4C=CCCC4C23)(c2ccccc2)c2ccccc2)cc1. The summed E-state index contributed by atoms with van der Waals surface area (Å²) in [5.41, 5.74) is 5.48. The highest BCUT2D eigenvalue weighted by Crippen LogP contribution is 2.47. The average molecular weight is 617 g/mol. The number of allylic oxidation sites excluding steroid dienone is 3. The largest absolute Gasteiger partial charge is 0.497 e. The number of aryl methyl sites for hydroxylation is 1. The summed E-state index contributed by atoms with van der Waals surface area (Å²) in [5, 5.41) is 7.14. The molecule has 1 aliphatic heterocycles. The summed E-state index contributed by atoms with van der Waals surface area (Å²) in [4.78, 5) is 12.8. The zero-order valence-electron chi connectivity index (χ0n) is 27.6. The van der Waals surface area contributed by atoms with Crippen molar-refractivity contribution < 1.29 is 9.53 Å². The van der Waals surface area contributed by atoms with Gasteiger partial charge in [-0.15, -0.1) is 0 Å². The Kier molecular flexibility index (Phi) is 11.1. The van der Waals surface area contributed by atoms with Gasteiger partial charge >= 0.3 is 0 Å². The van der Waals surface area contributed by atoms with Gasteiger partial charge < -0.3 is 15.4 Å². The van der Waals surface area contributed by atoms with Gasteiger partial charge in [-0.05, 0) is 110 Å². The molecule has 3 aromatic rings. The van der Waals surface area contributed by atoms with E-state index in [1.807, 2.05) is 24.3 Å². The Morgan fingerprint density at radius 2 is 1.63 bits per heavy atom. The standard InChI is InChI=1S/C42H52N2O2/c1-46-37-23-19-32(20-24-37)21-26-40(45)44-30-11-29-42(35-14-4-2-5-15-35,36-16-6-3-7-17-36)28-10-13-34-27-31-43-39-25-22-33-12-8-9-18-38(33)41(34)39/h2-8,12,14-17,19-20,22-24,34,38-39,41,43H,9-11,13,18,21,25-31H2,1H3,(H,44,45). The molecule has 4 nitrogen and oxygen atoms in total. The Hall–Kier alpha value is -3.63. The van der Waals surface area contributed by atoms with Gasteiger partial charge in [0.15, 0.2) is 0 Å². The van der Waals surface area contributed by atoms with Crippen LogP contribution in [0.15, 0.2) is 109 Å². The van der Waals surface area contributed by atoms with Crippen LogP contribution in [0.3, 0.4) is 0 Å². The minimum absolute atomic E-state index is 0.0755. The van der Waals surface area contributed by atoms with Crippen molar-refractivity contribution in [3.05, 3.63) is 125 Å². The number of carbonyl (C=O) groups excluding carboxylic acids is 1. The van der Waals surface area contributed by atoms with Gasteiger partial charge in [-0.25, -0.2) is 0 Å². The maximum absolute atomic E-state index is 12.8. The lowest BCUT2D eigenvalue weighted by Crippen LogP contribution is -2.51. The number of rotatable bonds is 14. The molecule has 4 atom stereocenters. The first kappa shape index (κ1) is 32.3. The first-order valence-electron chi connectivity index (χ1n) is 17.8. The highest BCUT2D eigenvalue weighted by atomic mass is 16.5. The molecule has 4 unspecified atom stereocenters. The summed E-state index contributed by atoms with van der Waals surface area (Å²) in [5.74, 6) is 3.23. The lowest BCUT2D eigenvalue weighted by molar-refractivity contribution is -0.121. The topological polar surface area (TPSA) is 50.4 Å². The number of methoxy groups -OCH3 is 1. The summed E-state index contributed by atoms with van der Waals surface area (Å²) in [6.07, 6.45) is 19.2. The number of ether oxygens (including phenoxy) is 1. The third kappa shape index (κ3) is 7.66. The number of amides is 1. The number of benzene rings is 3. The number of nitrogens with one attached hydrogen (secondary N) is 2. The van der Waals surface area contributed by atoms with E-state index in [9.17, 15) is 4.79 Å². The Morgan fingerprint density at radius 3 is 2.35 bits per heavy atom. The fourth-order valence-corrected chi connectivity index (χ4v) is 8.79. The summed E-state index contributed by atoms with van der Waals surface area (Å²) in [6, 6.07) is 31.0. The van der Waals surface area contributed by atoms with Crippen molar-refractivity contribution in [1.82, 2.24) is 10.6 Å². The van der Waals surface area contributed by atoms with E-state index < -0.39 is 0 Å². The van der Waals surface area contributed by atoms with Crippen LogP contribution < -0.4 is 15.4 Å². The van der Waals surface area contributed by atoms with Gasteiger partial charge in [-0.2, -0.15) is 0 Å². The summed E-state index contributed by atoms with van der Waals surface area (Å²) >= 11 is 0. The van der Waals surface area contributed by atoms with Crippen molar-refractivity contribution in [3.63, 3.8) is 0 Å². The van der Waals surface area contributed by atoms with Crippen molar-refractivity contribution in [2.24, 2.45) is 17.8 Å². The Morgan fingerprint density at radius 1 is 0.913 bits per heavy atom. The number of piperidine rings is 1. The second-order valence-corrected chi connectivity index (χ2v) is 13.7. The maximum atomic E-state index is 12.8. The molecule has 0 bridgehead atoms. The minimum atomic E-state index is -0.0755. The van der Waals surface area contributed by atoms with E-state index in [1.54, 1.807) is 12.7 Å². The normalized spacial score (nSPS) is 22.3. The van der Waals surface area contributed by atoms with Crippen LogP contribution in [0.1, 0.15) is 80.9 Å². The van der Waals surface area contributed by atoms with Crippen LogP contribution in [-0.4, -0.2) is 32.1 Å². The second-order valence-electron chi connectivity index (χ2n) is 13.7. The van der Waals surface area contributed by atoms with Gasteiger partial charge in [0.25, 0.3) is 0 Å². The monoisotopic (exact) mass is 616 g/mol. The highest BCUT2D eigenvalue weighted by Gasteiger charge is 2.42. The molecule has 46 heavy (non-hydrogen) atoms. The minimum Gasteiger partial charge on any atom is -0.497 e. The zero-order chi connectivity index (χ0) is 31.6. The number of fused-ring (bicyclic) bond motifs is 3. The molecule has 4 heteroatoms. The molecule has 1 heterocycles. The molecular weight excluding hydrogens is 564 g/mol. The van der Waals surface area contributed by atoms with E-state index >= 15 is 0 Å². The van der Waals surface area contributed by atoms with Crippen LogP contribution in [0.4, 0.5) is 0 Å². The van der Waals surface area contributed by atoms with Crippen molar-refractivity contribution in [2.75, 3.05) is 20.2 Å². The lowest BCUT2D eigenvalue weighted by Gasteiger charge is -2.47. The van der Waals surface area contributed by atoms with E-state index in [0.29, 0.717) is 19.0 Å². The van der Waals surface area contributed by atoms with E-state index in [4.69, 9.17) is 4.74 Å². The summed E-state index contributed by atoms with van der Waals surface area (Å²) in [7, 11) is 1.67. The molecule has 2 N–H and O–H groups in total. The van der Waals surface area contributed by atoms with Crippen LogP contribution >= 0.6 is 0 Å². The fourth-order valence-electron chi connectivity index (χ4n) is 8.79. The van der Waals surface area contributed by atoms with Gasteiger partial charge in [0, 0.05) is 24.4 Å². The van der Waals surface area contributed by atoms with Crippen LogP contribution in [0.5, 0.6) is 5.75 Å². The number of hydrogen-bond donors (Lipinski definition) is 2. The van der Waals surface area contributed by atoms with Crippen LogP contribution in [-0.2, 0) is 16.6 Å². The third-order valence-corrected chi connectivity index (χ3v) is 11.1. The van der Waals surface area contributed by atoms with E-state index in [1.165, 1.54) is 49.7 Å². The Bertz CT molecular complexity index is 1410. The molecule has 6 rings (SSSR count). The molecule has 1 amide bonds. The molecule has 0 aromatic heterocycles. The first-order chi connectivity index (χ1) is 22.7. The van der Waals surface area contributed by atoms with E-state index in [0.717, 1.165) is 61.3 Å². The third-order valence-electron chi connectivity index (χ3n) is 11.1. The van der Waals surface area contributed by atoms with Gasteiger partial charge in [0.05, 0.1) is 7.11 Å². The molecule has 242 valence electrons. The van der Waals surface area contributed by atoms with Crippen molar-refractivity contribution in [1.29, 1.82) is 0 Å². The molecule has 0 radical (unpaired) electrons. The van der Waals surface area contributed by atoms with Crippen LogP contribution in [0.25, 0.3) is 0 Å². The highest BCUT2D eigenvalue weighted by molar-refractivity contribution is 5.76. The van der Waals surface area contributed by atoms with Gasteiger partial charge in [-0.3, -0.25) is 4.79 Å².